The van der Waals surface area contributed by atoms with Crippen LogP contribution < -0.4 is 4.74 Å². The second-order valence-electron chi connectivity index (χ2n) is 4.47. The Hall–Kier alpha value is -1.71. The lowest BCUT2D eigenvalue weighted by molar-refractivity contribution is -0.137. The molecule has 4 nitrogen and oxygen atoms in total. The van der Waals surface area contributed by atoms with Crippen molar-refractivity contribution >= 4 is 5.97 Å². The maximum atomic E-state index is 10.4. The number of benzene rings is 1. The predicted octanol–water partition coefficient (Wildman–Crippen LogP) is 2.12. The van der Waals surface area contributed by atoms with Gasteiger partial charge in [0.15, 0.2) is 0 Å². The largest absolute Gasteiger partial charge is 0.508 e. The molecule has 1 heterocycles. The highest BCUT2D eigenvalue weighted by Crippen LogP contribution is 2.35. The first-order valence-corrected chi connectivity index (χ1v) is 5.79. The van der Waals surface area contributed by atoms with Crippen molar-refractivity contribution in [2.24, 2.45) is 0 Å². The van der Waals surface area contributed by atoms with Gasteiger partial charge in [0.2, 0.25) is 0 Å². The van der Waals surface area contributed by atoms with Gasteiger partial charge in [-0.25, -0.2) is 0 Å². The Morgan fingerprint density at radius 2 is 2.29 bits per heavy atom. The fourth-order valence-electron chi connectivity index (χ4n) is 2.13. The van der Waals surface area contributed by atoms with E-state index in [1.165, 1.54) is 0 Å². The van der Waals surface area contributed by atoms with Crippen LogP contribution in [-0.2, 0) is 17.6 Å². The van der Waals surface area contributed by atoms with Crippen LogP contribution in [0.15, 0.2) is 12.1 Å². The summed E-state index contributed by atoms with van der Waals surface area (Å²) in [5.74, 6) is 0.142. The van der Waals surface area contributed by atoms with Crippen molar-refractivity contribution in [3.05, 3.63) is 23.3 Å². The minimum atomic E-state index is -0.803. The summed E-state index contributed by atoms with van der Waals surface area (Å²) < 4.78 is 5.53. The van der Waals surface area contributed by atoms with Crippen molar-refractivity contribution in [2.45, 2.75) is 38.7 Å². The number of carbonyl (C=O) groups is 1. The third kappa shape index (κ3) is 2.70. The monoisotopic (exact) mass is 236 g/mol. The second kappa shape index (κ2) is 4.65. The van der Waals surface area contributed by atoms with Crippen molar-refractivity contribution in [3.8, 4) is 11.5 Å². The van der Waals surface area contributed by atoms with Crippen LogP contribution in [0.3, 0.4) is 0 Å². The van der Waals surface area contributed by atoms with E-state index in [4.69, 9.17) is 9.84 Å². The van der Waals surface area contributed by atoms with Crippen LogP contribution >= 0.6 is 0 Å². The van der Waals surface area contributed by atoms with E-state index in [2.05, 4.69) is 0 Å². The quantitative estimate of drug-likeness (QED) is 0.840. The standard InChI is InChI=1S/C13H16O4/c1-8-5-10-6-9(3-2-4-13(15)16)11(14)7-12(10)17-8/h6-8,14H,2-5H2,1H3,(H,15,16). The summed E-state index contributed by atoms with van der Waals surface area (Å²) >= 11 is 0. The molecule has 0 aromatic heterocycles. The van der Waals surface area contributed by atoms with E-state index in [9.17, 15) is 9.90 Å². The van der Waals surface area contributed by atoms with E-state index in [-0.39, 0.29) is 18.3 Å². The SMILES string of the molecule is CC1Cc2cc(CCCC(=O)O)c(O)cc2O1. The summed E-state index contributed by atoms with van der Waals surface area (Å²) in [7, 11) is 0. The lowest BCUT2D eigenvalue weighted by Crippen LogP contribution is -2.05. The van der Waals surface area contributed by atoms with E-state index in [1.54, 1.807) is 6.07 Å². The van der Waals surface area contributed by atoms with Crippen molar-refractivity contribution in [1.82, 2.24) is 0 Å². The maximum Gasteiger partial charge on any atom is 0.303 e. The van der Waals surface area contributed by atoms with Gasteiger partial charge in [-0.05, 0) is 37.0 Å². The Morgan fingerprint density at radius 3 is 3.00 bits per heavy atom. The summed E-state index contributed by atoms with van der Waals surface area (Å²) in [4.78, 5) is 10.4. The lowest BCUT2D eigenvalue weighted by Gasteiger charge is -2.07. The van der Waals surface area contributed by atoms with Crippen LogP contribution in [0.1, 0.15) is 30.9 Å². The number of carboxylic acids is 1. The summed E-state index contributed by atoms with van der Waals surface area (Å²) in [6, 6.07) is 3.56. The normalized spacial score (nSPS) is 17.6. The van der Waals surface area contributed by atoms with Gasteiger partial charge < -0.3 is 14.9 Å². The molecular formula is C13H16O4. The summed E-state index contributed by atoms with van der Waals surface area (Å²) in [6.45, 7) is 1.99. The highest BCUT2D eigenvalue weighted by atomic mass is 16.5. The highest BCUT2D eigenvalue weighted by molar-refractivity contribution is 5.66. The number of aryl methyl sites for hydroxylation is 1. The number of hydrogen-bond acceptors (Lipinski definition) is 3. The van der Waals surface area contributed by atoms with Crippen LogP contribution in [0, 0.1) is 0 Å². The van der Waals surface area contributed by atoms with E-state index < -0.39 is 5.97 Å². The molecule has 1 aromatic carbocycles. The molecule has 1 aromatic rings. The molecule has 4 heteroatoms. The third-order valence-electron chi connectivity index (χ3n) is 2.93. The number of hydrogen-bond donors (Lipinski definition) is 2. The van der Waals surface area contributed by atoms with Crippen LogP contribution in [0.2, 0.25) is 0 Å². The minimum Gasteiger partial charge on any atom is -0.508 e. The van der Waals surface area contributed by atoms with Crippen molar-refractivity contribution in [3.63, 3.8) is 0 Å². The van der Waals surface area contributed by atoms with Gasteiger partial charge in [0, 0.05) is 18.9 Å². The molecule has 92 valence electrons. The Bertz CT molecular complexity index is 439. The zero-order valence-electron chi connectivity index (χ0n) is 9.77. The minimum absolute atomic E-state index is 0.128. The molecular weight excluding hydrogens is 220 g/mol. The first kappa shape index (κ1) is 11.8. The summed E-state index contributed by atoms with van der Waals surface area (Å²) in [5.41, 5.74) is 1.91. The van der Waals surface area contributed by atoms with Gasteiger partial charge in [-0.1, -0.05) is 0 Å². The molecule has 17 heavy (non-hydrogen) atoms. The lowest BCUT2D eigenvalue weighted by atomic mass is 10.0. The van der Waals surface area contributed by atoms with Crippen molar-refractivity contribution in [1.29, 1.82) is 0 Å². The van der Waals surface area contributed by atoms with Gasteiger partial charge >= 0.3 is 5.97 Å². The fourth-order valence-corrected chi connectivity index (χ4v) is 2.13. The number of aromatic hydroxyl groups is 1. The molecule has 1 aliphatic heterocycles. The van der Waals surface area contributed by atoms with Gasteiger partial charge in [0.1, 0.15) is 17.6 Å². The summed E-state index contributed by atoms with van der Waals surface area (Å²) in [5, 5.41) is 18.4. The average molecular weight is 236 g/mol. The van der Waals surface area contributed by atoms with Gasteiger partial charge in [0.05, 0.1) is 0 Å². The maximum absolute atomic E-state index is 10.4. The predicted molar refractivity (Wildman–Crippen MR) is 62.5 cm³/mol. The van der Waals surface area contributed by atoms with E-state index >= 15 is 0 Å². The molecule has 1 aliphatic rings. The smallest absolute Gasteiger partial charge is 0.303 e. The van der Waals surface area contributed by atoms with E-state index in [0.29, 0.717) is 12.8 Å². The molecule has 2 N–H and O–H groups in total. The summed E-state index contributed by atoms with van der Waals surface area (Å²) in [6.07, 6.45) is 2.25. The molecule has 0 aliphatic carbocycles. The van der Waals surface area contributed by atoms with Crippen molar-refractivity contribution < 1.29 is 19.7 Å². The Morgan fingerprint density at radius 1 is 1.53 bits per heavy atom. The molecule has 1 atom stereocenters. The van der Waals surface area contributed by atoms with Crippen LogP contribution in [0.5, 0.6) is 11.5 Å². The number of rotatable bonds is 4. The number of phenols is 1. The van der Waals surface area contributed by atoms with Gasteiger partial charge in [-0.15, -0.1) is 0 Å². The Kier molecular flexibility index (Phi) is 3.22. The fraction of sp³-hybridized carbons (Fsp3) is 0.462. The zero-order valence-corrected chi connectivity index (χ0v) is 9.77. The first-order chi connectivity index (χ1) is 8.06. The number of carboxylic acid groups (broad SMARTS) is 1. The highest BCUT2D eigenvalue weighted by Gasteiger charge is 2.21. The van der Waals surface area contributed by atoms with Gasteiger partial charge in [0.25, 0.3) is 0 Å². The van der Waals surface area contributed by atoms with Crippen LogP contribution in [0.25, 0.3) is 0 Å². The molecule has 0 radical (unpaired) electrons. The molecule has 0 saturated carbocycles. The van der Waals surface area contributed by atoms with Crippen LogP contribution in [-0.4, -0.2) is 22.3 Å². The molecule has 0 fully saturated rings. The molecule has 2 rings (SSSR count). The van der Waals surface area contributed by atoms with Crippen LogP contribution in [0.4, 0.5) is 0 Å². The first-order valence-electron chi connectivity index (χ1n) is 5.79. The molecule has 0 saturated heterocycles. The number of fused-ring (bicyclic) bond motifs is 1. The number of aliphatic carboxylic acids is 1. The van der Waals surface area contributed by atoms with Gasteiger partial charge in [-0.3, -0.25) is 4.79 Å². The number of ether oxygens (including phenoxy) is 1. The Labute approximate surface area is 99.8 Å². The third-order valence-corrected chi connectivity index (χ3v) is 2.93. The average Bonchev–Trinajstić information content (AvgIpc) is 2.57. The molecule has 0 amide bonds. The van der Waals surface area contributed by atoms with E-state index in [0.717, 1.165) is 23.3 Å². The topological polar surface area (TPSA) is 66.8 Å². The number of phenolic OH excluding ortho intramolecular Hbond substituents is 1. The molecule has 0 spiro atoms. The Balaban J connectivity index is 2.08. The van der Waals surface area contributed by atoms with Gasteiger partial charge in [-0.2, -0.15) is 0 Å². The van der Waals surface area contributed by atoms with Crippen molar-refractivity contribution in [2.75, 3.05) is 0 Å². The molecule has 1 unspecified atom stereocenters. The molecule has 0 bridgehead atoms. The second-order valence-corrected chi connectivity index (χ2v) is 4.47. The van der Waals surface area contributed by atoms with E-state index in [1.807, 2.05) is 13.0 Å². The zero-order chi connectivity index (χ0) is 12.4.